The monoisotopic (exact) mass is 474 g/mol. The van der Waals surface area contributed by atoms with Crippen molar-refractivity contribution in [3.8, 4) is 11.5 Å². The lowest BCUT2D eigenvalue weighted by Gasteiger charge is -2.19. The van der Waals surface area contributed by atoms with Crippen molar-refractivity contribution in [1.82, 2.24) is 0 Å². The van der Waals surface area contributed by atoms with Crippen molar-refractivity contribution < 1.29 is 47.9 Å². The molecule has 34 heavy (non-hydrogen) atoms. The first kappa shape index (κ1) is 26.2. The predicted octanol–water partition coefficient (Wildman–Crippen LogP) is 5.24. The molecule has 0 heterocycles. The molecule has 2 rings (SSSR count). The molecule has 0 aliphatic rings. The maximum absolute atomic E-state index is 12.5. The second-order valence-electron chi connectivity index (χ2n) is 8.87. The quantitative estimate of drug-likeness (QED) is 0.251. The molecule has 0 saturated heterocycles. The molecule has 10 nitrogen and oxygen atoms in total. The fourth-order valence-corrected chi connectivity index (χ4v) is 2.34. The molecule has 0 aromatic heterocycles. The van der Waals surface area contributed by atoms with Crippen molar-refractivity contribution >= 4 is 24.2 Å². The van der Waals surface area contributed by atoms with E-state index in [-0.39, 0.29) is 22.6 Å². The number of carbonyl (C=O) groups is 4. The maximum atomic E-state index is 12.5. The van der Waals surface area contributed by atoms with Crippen molar-refractivity contribution in [2.45, 2.75) is 52.7 Å². The summed E-state index contributed by atoms with van der Waals surface area (Å²) in [5.74, 6) is -2.55. The van der Waals surface area contributed by atoms with E-state index in [1.807, 2.05) is 0 Å². The molecule has 0 amide bonds. The Morgan fingerprint density at radius 3 is 1.21 bits per heavy atom. The highest BCUT2D eigenvalue weighted by Gasteiger charge is 2.25. The summed E-state index contributed by atoms with van der Waals surface area (Å²) in [7, 11) is 0. The first-order valence-electron chi connectivity index (χ1n) is 10.2. The van der Waals surface area contributed by atoms with Crippen LogP contribution in [0.3, 0.4) is 0 Å². The smallest absolute Gasteiger partial charge is 0.428 e. The van der Waals surface area contributed by atoms with Crippen LogP contribution in [-0.2, 0) is 19.2 Å². The van der Waals surface area contributed by atoms with E-state index < -0.39 is 35.5 Å². The van der Waals surface area contributed by atoms with E-state index in [4.69, 9.17) is 18.9 Å². The van der Waals surface area contributed by atoms with Gasteiger partial charge in [0.2, 0.25) is 0 Å². The molecule has 2 aromatic rings. The highest BCUT2D eigenvalue weighted by Crippen LogP contribution is 2.23. The lowest BCUT2D eigenvalue weighted by Crippen LogP contribution is -2.26. The van der Waals surface area contributed by atoms with Crippen LogP contribution in [0.2, 0.25) is 0 Å². The van der Waals surface area contributed by atoms with Gasteiger partial charge in [-0.05, 0) is 65.8 Å². The lowest BCUT2D eigenvalue weighted by molar-refractivity contribution is -0.187. The van der Waals surface area contributed by atoms with Crippen LogP contribution in [0.5, 0.6) is 11.5 Å². The van der Waals surface area contributed by atoms with E-state index in [1.165, 1.54) is 48.5 Å². The maximum Gasteiger partial charge on any atom is 0.514 e. The van der Waals surface area contributed by atoms with Gasteiger partial charge < -0.3 is 18.9 Å². The zero-order chi connectivity index (χ0) is 25.5. The molecular formula is C24H26O10. The Morgan fingerprint density at radius 2 is 0.882 bits per heavy atom. The largest absolute Gasteiger partial charge is 0.514 e. The van der Waals surface area contributed by atoms with Crippen molar-refractivity contribution in [1.29, 1.82) is 0 Å². The van der Waals surface area contributed by atoms with Crippen molar-refractivity contribution in [2.75, 3.05) is 0 Å². The van der Waals surface area contributed by atoms with E-state index in [0.717, 1.165) is 0 Å². The van der Waals surface area contributed by atoms with Gasteiger partial charge in [-0.2, -0.15) is 0 Å². The highest BCUT2D eigenvalue weighted by atomic mass is 17.2. The van der Waals surface area contributed by atoms with Gasteiger partial charge in [-0.1, -0.05) is 24.3 Å². The minimum absolute atomic E-state index is 0.161. The van der Waals surface area contributed by atoms with Crippen LogP contribution in [0.4, 0.5) is 9.59 Å². The average molecular weight is 474 g/mol. The molecule has 10 heteroatoms. The zero-order valence-electron chi connectivity index (χ0n) is 19.7. The molecule has 0 spiro atoms. The Balaban J connectivity index is 2.07. The van der Waals surface area contributed by atoms with Crippen LogP contribution < -0.4 is 9.47 Å². The van der Waals surface area contributed by atoms with E-state index >= 15 is 0 Å². The number of carbonyl (C=O) groups excluding carboxylic acids is 4. The third-order valence-electron chi connectivity index (χ3n) is 3.57. The number of rotatable bonds is 4. The molecule has 0 radical (unpaired) electrons. The molecule has 182 valence electrons. The lowest BCUT2D eigenvalue weighted by atomic mass is 10.2. The third-order valence-corrected chi connectivity index (χ3v) is 3.57. The molecule has 0 saturated carbocycles. The third kappa shape index (κ3) is 8.45. The summed E-state index contributed by atoms with van der Waals surface area (Å²) in [4.78, 5) is 58.0. The van der Waals surface area contributed by atoms with Gasteiger partial charge >= 0.3 is 24.2 Å². The number of para-hydroxylation sites is 2. The summed E-state index contributed by atoms with van der Waals surface area (Å²) in [6, 6.07) is 11.3. The van der Waals surface area contributed by atoms with Crippen LogP contribution in [0, 0.1) is 0 Å². The van der Waals surface area contributed by atoms with Gasteiger partial charge in [0, 0.05) is 0 Å². The summed E-state index contributed by atoms with van der Waals surface area (Å²) in [5, 5.41) is 0. The Bertz CT molecular complexity index is 974. The molecule has 0 bridgehead atoms. The van der Waals surface area contributed by atoms with Gasteiger partial charge in [0.05, 0.1) is 0 Å². The molecule has 2 aromatic carbocycles. The Morgan fingerprint density at radius 1 is 0.559 bits per heavy atom. The number of benzene rings is 2. The second-order valence-corrected chi connectivity index (χ2v) is 8.87. The zero-order valence-corrected chi connectivity index (χ0v) is 19.7. The minimum Gasteiger partial charge on any atom is -0.428 e. The SMILES string of the molecule is CC(C)(C)OC(=O)Oc1ccccc1C(=O)OOC(=O)c1ccccc1OC(=O)OC(C)(C)C. The second kappa shape index (κ2) is 10.7. The van der Waals surface area contributed by atoms with Gasteiger partial charge in [0.25, 0.3) is 0 Å². The number of ether oxygens (including phenoxy) is 4. The molecule has 0 aliphatic heterocycles. The number of hydrogen-bond donors (Lipinski definition) is 0. The van der Waals surface area contributed by atoms with Gasteiger partial charge in [0.15, 0.2) is 0 Å². The van der Waals surface area contributed by atoms with Gasteiger partial charge in [-0.25, -0.2) is 29.0 Å². The Labute approximate surface area is 196 Å². The predicted molar refractivity (Wildman–Crippen MR) is 117 cm³/mol. The van der Waals surface area contributed by atoms with Crippen molar-refractivity contribution in [3.63, 3.8) is 0 Å². The van der Waals surface area contributed by atoms with E-state index in [0.29, 0.717) is 0 Å². The topological polar surface area (TPSA) is 124 Å². The average Bonchev–Trinajstić information content (AvgIpc) is 2.69. The van der Waals surface area contributed by atoms with Crippen LogP contribution in [0.25, 0.3) is 0 Å². The van der Waals surface area contributed by atoms with Crippen LogP contribution in [0.15, 0.2) is 48.5 Å². The van der Waals surface area contributed by atoms with Crippen molar-refractivity contribution in [2.24, 2.45) is 0 Å². The number of hydrogen-bond acceptors (Lipinski definition) is 10. The van der Waals surface area contributed by atoms with Crippen molar-refractivity contribution in [3.05, 3.63) is 59.7 Å². The standard InChI is InChI=1S/C24H26O10/c1-23(2,3)31-21(27)29-17-13-9-7-11-15(17)19(25)33-34-20(26)16-12-8-10-14-18(16)30-22(28)32-24(4,5)6/h7-14H,1-6H3. The molecule has 0 N–H and O–H groups in total. The van der Waals surface area contributed by atoms with Gasteiger partial charge in [0.1, 0.15) is 33.8 Å². The Hall–Kier alpha value is -4.08. The van der Waals surface area contributed by atoms with Crippen LogP contribution in [0.1, 0.15) is 62.3 Å². The summed E-state index contributed by atoms with van der Waals surface area (Å²) < 4.78 is 20.2. The van der Waals surface area contributed by atoms with Crippen LogP contribution >= 0.6 is 0 Å². The fourth-order valence-electron chi connectivity index (χ4n) is 2.34. The first-order chi connectivity index (χ1) is 15.7. The van der Waals surface area contributed by atoms with Gasteiger partial charge in [-0.15, -0.1) is 0 Å². The molecule has 0 aliphatic carbocycles. The highest BCUT2D eigenvalue weighted by molar-refractivity contribution is 5.96. The van der Waals surface area contributed by atoms with Gasteiger partial charge in [-0.3, -0.25) is 0 Å². The Kier molecular flexibility index (Phi) is 8.23. The molecule has 0 fully saturated rings. The first-order valence-corrected chi connectivity index (χ1v) is 10.2. The summed E-state index contributed by atoms with van der Waals surface area (Å²) in [5.41, 5.74) is -2.01. The fraction of sp³-hybridized carbons (Fsp3) is 0.333. The summed E-state index contributed by atoms with van der Waals surface area (Å²) in [6.45, 7) is 9.91. The van der Waals surface area contributed by atoms with E-state index in [9.17, 15) is 19.2 Å². The molecule has 0 unspecified atom stereocenters. The molecular weight excluding hydrogens is 448 g/mol. The normalized spacial score (nSPS) is 11.1. The summed E-state index contributed by atoms with van der Waals surface area (Å²) >= 11 is 0. The van der Waals surface area contributed by atoms with Crippen LogP contribution in [-0.4, -0.2) is 35.5 Å². The van der Waals surface area contributed by atoms with E-state index in [1.54, 1.807) is 41.5 Å². The van der Waals surface area contributed by atoms with E-state index in [2.05, 4.69) is 9.78 Å². The minimum atomic E-state index is -1.11. The molecule has 0 atom stereocenters. The summed E-state index contributed by atoms with van der Waals surface area (Å²) in [6.07, 6.45) is -2.06.